The van der Waals surface area contributed by atoms with E-state index in [1.54, 1.807) is 26.4 Å². The lowest BCUT2D eigenvalue weighted by Crippen LogP contribution is -2.14. The molecule has 0 aromatic heterocycles. The maximum absolute atomic E-state index is 12.7. The minimum Gasteiger partial charge on any atom is -0.493 e. The second kappa shape index (κ2) is 11.1. The third-order valence-electron chi connectivity index (χ3n) is 3.75. The molecule has 7 heteroatoms. The number of amides is 1. The van der Waals surface area contributed by atoms with E-state index in [9.17, 15) is 4.79 Å². The van der Waals surface area contributed by atoms with Crippen molar-refractivity contribution in [3.8, 4) is 11.5 Å². The Hall–Kier alpha value is -1.84. The molecule has 0 saturated carbocycles. The Morgan fingerprint density at radius 2 is 1.74 bits per heavy atom. The predicted octanol–water partition coefficient (Wildman–Crippen LogP) is 4.11. The van der Waals surface area contributed by atoms with Gasteiger partial charge in [-0.05, 0) is 59.3 Å². The standard InChI is InChI=1S/C20H24INO5/c1-4-26-8-9-27-13-14-6-5-7-15(10-14)22-20(23)16-11-18(24-2)19(25-3)12-17(16)21/h5-7,10-12H,4,8-9,13H2,1-3H3,(H,22,23). The maximum atomic E-state index is 12.7. The first-order valence-corrected chi connectivity index (χ1v) is 9.64. The van der Waals surface area contributed by atoms with Crippen molar-refractivity contribution in [1.82, 2.24) is 0 Å². The molecule has 0 aliphatic rings. The number of nitrogens with one attached hydrogen (secondary N) is 1. The fourth-order valence-corrected chi connectivity index (χ4v) is 3.10. The number of halogens is 1. The number of methoxy groups -OCH3 is 2. The number of carbonyl (C=O) groups is 1. The van der Waals surface area contributed by atoms with Crippen LogP contribution in [0.1, 0.15) is 22.8 Å². The zero-order valence-corrected chi connectivity index (χ0v) is 17.9. The quantitative estimate of drug-likeness (QED) is 0.406. The second-order valence-electron chi connectivity index (χ2n) is 5.59. The van der Waals surface area contributed by atoms with E-state index in [0.29, 0.717) is 49.2 Å². The minimum atomic E-state index is -0.213. The smallest absolute Gasteiger partial charge is 0.256 e. The molecule has 1 N–H and O–H groups in total. The van der Waals surface area contributed by atoms with Crippen LogP contribution in [0.3, 0.4) is 0 Å². The van der Waals surface area contributed by atoms with Crippen molar-refractivity contribution in [2.45, 2.75) is 13.5 Å². The highest BCUT2D eigenvalue weighted by molar-refractivity contribution is 14.1. The molecule has 27 heavy (non-hydrogen) atoms. The molecule has 0 unspecified atom stereocenters. The molecule has 2 rings (SSSR count). The van der Waals surface area contributed by atoms with Gasteiger partial charge in [0.05, 0.1) is 39.6 Å². The van der Waals surface area contributed by atoms with Crippen molar-refractivity contribution in [3.63, 3.8) is 0 Å². The third-order valence-corrected chi connectivity index (χ3v) is 4.64. The van der Waals surface area contributed by atoms with Crippen molar-refractivity contribution in [3.05, 3.63) is 51.1 Å². The SMILES string of the molecule is CCOCCOCc1cccc(NC(=O)c2cc(OC)c(OC)cc2I)c1. The number of hydrogen-bond donors (Lipinski definition) is 1. The van der Waals surface area contributed by atoms with Crippen LogP contribution in [0.25, 0.3) is 0 Å². The molecule has 0 spiro atoms. The summed E-state index contributed by atoms with van der Waals surface area (Å²) in [6, 6.07) is 11.0. The molecule has 0 saturated heterocycles. The van der Waals surface area contributed by atoms with Crippen molar-refractivity contribution < 1.29 is 23.7 Å². The molecule has 0 aliphatic heterocycles. The average Bonchev–Trinajstić information content (AvgIpc) is 2.67. The van der Waals surface area contributed by atoms with Crippen LogP contribution in [0, 0.1) is 3.57 Å². The Morgan fingerprint density at radius 3 is 2.44 bits per heavy atom. The van der Waals surface area contributed by atoms with E-state index >= 15 is 0 Å². The average molecular weight is 485 g/mol. The molecule has 0 bridgehead atoms. The largest absolute Gasteiger partial charge is 0.493 e. The van der Waals surface area contributed by atoms with E-state index in [-0.39, 0.29) is 5.91 Å². The molecule has 0 heterocycles. The van der Waals surface area contributed by atoms with Crippen LogP contribution in [0.4, 0.5) is 5.69 Å². The third kappa shape index (κ3) is 6.37. The summed E-state index contributed by atoms with van der Waals surface area (Å²) in [6.07, 6.45) is 0. The van der Waals surface area contributed by atoms with Crippen LogP contribution in [0.5, 0.6) is 11.5 Å². The van der Waals surface area contributed by atoms with Gasteiger partial charge in [-0.15, -0.1) is 0 Å². The second-order valence-corrected chi connectivity index (χ2v) is 6.75. The monoisotopic (exact) mass is 485 g/mol. The first kappa shape index (κ1) is 21.5. The molecule has 0 fully saturated rings. The van der Waals surface area contributed by atoms with Gasteiger partial charge in [0.2, 0.25) is 0 Å². The first-order chi connectivity index (χ1) is 13.1. The van der Waals surface area contributed by atoms with Gasteiger partial charge in [0.1, 0.15) is 0 Å². The van der Waals surface area contributed by atoms with Crippen LogP contribution in [-0.2, 0) is 16.1 Å². The number of rotatable bonds is 10. The molecular weight excluding hydrogens is 461 g/mol. The molecule has 6 nitrogen and oxygen atoms in total. The molecule has 2 aromatic carbocycles. The van der Waals surface area contributed by atoms with E-state index in [0.717, 1.165) is 9.13 Å². The van der Waals surface area contributed by atoms with Crippen molar-refractivity contribution >= 4 is 34.2 Å². The highest BCUT2D eigenvalue weighted by Gasteiger charge is 2.15. The highest BCUT2D eigenvalue weighted by Crippen LogP contribution is 2.31. The molecule has 1 amide bonds. The number of benzene rings is 2. The molecule has 2 aromatic rings. The molecule has 146 valence electrons. The van der Waals surface area contributed by atoms with Gasteiger partial charge in [-0.1, -0.05) is 12.1 Å². The van der Waals surface area contributed by atoms with Crippen molar-refractivity contribution in [2.75, 3.05) is 39.4 Å². The zero-order valence-electron chi connectivity index (χ0n) is 15.7. The summed E-state index contributed by atoms with van der Waals surface area (Å²) >= 11 is 2.11. The van der Waals surface area contributed by atoms with E-state index in [4.69, 9.17) is 18.9 Å². The van der Waals surface area contributed by atoms with Crippen molar-refractivity contribution in [1.29, 1.82) is 0 Å². The number of anilines is 1. The number of ether oxygens (including phenoxy) is 4. The predicted molar refractivity (Wildman–Crippen MR) is 113 cm³/mol. The Labute approximate surface area is 173 Å². The fraction of sp³-hybridized carbons (Fsp3) is 0.350. The topological polar surface area (TPSA) is 66.0 Å². The molecule has 0 radical (unpaired) electrons. The normalized spacial score (nSPS) is 10.5. The minimum absolute atomic E-state index is 0.213. The lowest BCUT2D eigenvalue weighted by molar-refractivity contribution is 0.0453. The summed E-state index contributed by atoms with van der Waals surface area (Å²) in [5, 5.41) is 2.92. The molecule has 0 aliphatic carbocycles. The number of hydrogen-bond acceptors (Lipinski definition) is 5. The van der Waals surface area contributed by atoms with Crippen molar-refractivity contribution in [2.24, 2.45) is 0 Å². The Balaban J connectivity index is 2.04. The van der Waals surface area contributed by atoms with Gasteiger partial charge in [0, 0.05) is 15.9 Å². The first-order valence-electron chi connectivity index (χ1n) is 8.56. The number of carbonyl (C=O) groups excluding carboxylic acids is 1. The van der Waals surface area contributed by atoms with Gasteiger partial charge in [-0.2, -0.15) is 0 Å². The summed E-state index contributed by atoms with van der Waals surface area (Å²) < 4.78 is 22.1. The van der Waals surface area contributed by atoms with Gasteiger partial charge in [-0.25, -0.2) is 0 Å². The lowest BCUT2D eigenvalue weighted by Gasteiger charge is -2.13. The summed E-state index contributed by atoms with van der Waals surface area (Å²) in [6.45, 7) is 4.20. The Morgan fingerprint density at radius 1 is 1.04 bits per heavy atom. The highest BCUT2D eigenvalue weighted by atomic mass is 127. The van der Waals surface area contributed by atoms with Crippen LogP contribution in [0.2, 0.25) is 0 Å². The zero-order chi connectivity index (χ0) is 19.6. The van der Waals surface area contributed by atoms with E-state index in [1.807, 2.05) is 31.2 Å². The summed E-state index contributed by atoms with van der Waals surface area (Å²) in [5.74, 6) is 0.888. The fourth-order valence-electron chi connectivity index (χ4n) is 2.42. The van der Waals surface area contributed by atoms with Gasteiger partial charge in [0.25, 0.3) is 5.91 Å². The maximum Gasteiger partial charge on any atom is 0.256 e. The summed E-state index contributed by atoms with van der Waals surface area (Å²) in [5.41, 5.74) is 2.20. The Bertz CT molecular complexity index is 766. The van der Waals surface area contributed by atoms with Gasteiger partial charge in [-0.3, -0.25) is 4.79 Å². The van der Waals surface area contributed by atoms with Crippen LogP contribution in [0.15, 0.2) is 36.4 Å². The van der Waals surface area contributed by atoms with Gasteiger partial charge in [0.15, 0.2) is 11.5 Å². The van der Waals surface area contributed by atoms with Gasteiger partial charge >= 0.3 is 0 Å². The van der Waals surface area contributed by atoms with Crippen LogP contribution in [-0.4, -0.2) is 39.9 Å². The molecular formula is C20H24INO5. The van der Waals surface area contributed by atoms with Crippen LogP contribution >= 0.6 is 22.6 Å². The van der Waals surface area contributed by atoms with Gasteiger partial charge < -0.3 is 24.3 Å². The van der Waals surface area contributed by atoms with E-state index < -0.39 is 0 Å². The Kier molecular flexibility index (Phi) is 8.83. The molecule has 0 atom stereocenters. The summed E-state index contributed by atoms with van der Waals surface area (Å²) in [4.78, 5) is 12.7. The van der Waals surface area contributed by atoms with Crippen LogP contribution < -0.4 is 14.8 Å². The lowest BCUT2D eigenvalue weighted by atomic mass is 10.1. The van der Waals surface area contributed by atoms with E-state index in [2.05, 4.69) is 27.9 Å². The summed E-state index contributed by atoms with van der Waals surface area (Å²) in [7, 11) is 3.11. The van der Waals surface area contributed by atoms with E-state index in [1.165, 1.54) is 0 Å².